The minimum absolute atomic E-state index is 0.227. The highest BCUT2D eigenvalue weighted by molar-refractivity contribution is 5.95. The van der Waals surface area contributed by atoms with Crippen LogP contribution in [0.1, 0.15) is 22.8 Å². The van der Waals surface area contributed by atoms with Crippen LogP contribution in [0.5, 0.6) is 5.75 Å². The number of carbonyl (C=O) groups is 1. The van der Waals surface area contributed by atoms with Gasteiger partial charge in [0.2, 0.25) is 5.82 Å². The van der Waals surface area contributed by atoms with Crippen molar-refractivity contribution in [2.24, 2.45) is 0 Å². The number of methoxy groups -OCH3 is 1. The molecule has 2 aromatic rings. The van der Waals surface area contributed by atoms with Gasteiger partial charge in [0.15, 0.2) is 23.3 Å². The van der Waals surface area contributed by atoms with Gasteiger partial charge in [-0.05, 0) is 25.0 Å². The zero-order valence-electron chi connectivity index (χ0n) is 13.3. The van der Waals surface area contributed by atoms with E-state index < -0.39 is 46.6 Å². The van der Waals surface area contributed by atoms with Crippen molar-refractivity contribution in [2.45, 2.75) is 19.4 Å². The molecule has 8 heteroatoms. The molecule has 0 aliphatic heterocycles. The Kier molecular flexibility index (Phi) is 5.61. The van der Waals surface area contributed by atoms with Gasteiger partial charge >= 0.3 is 0 Å². The molecule has 25 heavy (non-hydrogen) atoms. The molecule has 134 valence electrons. The molecule has 0 spiro atoms. The summed E-state index contributed by atoms with van der Waals surface area (Å²) in [5, 5.41) is 2.22. The van der Waals surface area contributed by atoms with Gasteiger partial charge in [0.1, 0.15) is 11.3 Å². The Morgan fingerprint density at radius 2 is 1.52 bits per heavy atom. The minimum atomic E-state index is -2.31. The van der Waals surface area contributed by atoms with Crippen molar-refractivity contribution in [1.82, 2.24) is 5.32 Å². The van der Waals surface area contributed by atoms with Crippen LogP contribution in [0.15, 0.2) is 24.3 Å². The molecule has 1 unspecified atom stereocenters. The first-order valence-corrected chi connectivity index (χ1v) is 7.22. The third-order valence-electron chi connectivity index (χ3n) is 3.53. The Morgan fingerprint density at radius 3 is 2.08 bits per heavy atom. The highest BCUT2D eigenvalue weighted by Crippen LogP contribution is 2.23. The second kappa shape index (κ2) is 7.50. The molecule has 0 aliphatic rings. The second-order valence-electron chi connectivity index (χ2n) is 5.34. The second-order valence-corrected chi connectivity index (χ2v) is 5.34. The Bertz CT molecular complexity index is 781. The maximum atomic E-state index is 13.6. The summed E-state index contributed by atoms with van der Waals surface area (Å²) in [7, 11) is 1.46. The van der Waals surface area contributed by atoms with E-state index in [0.29, 0.717) is 11.3 Å². The predicted molar refractivity (Wildman–Crippen MR) is 79.9 cm³/mol. The van der Waals surface area contributed by atoms with E-state index >= 15 is 0 Å². The van der Waals surface area contributed by atoms with Crippen molar-refractivity contribution >= 4 is 5.91 Å². The molecule has 0 aromatic heterocycles. The maximum Gasteiger partial charge on any atom is 0.257 e. The first-order chi connectivity index (χ1) is 11.8. The molecule has 0 saturated heterocycles. The molecule has 0 radical (unpaired) electrons. The van der Waals surface area contributed by atoms with Crippen LogP contribution in [0.4, 0.5) is 22.0 Å². The summed E-state index contributed by atoms with van der Waals surface area (Å²) in [6.07, 6.45) is 0.227. The number of hydrogen-bond donors (Lipinski definition) is 1. The van der Waals surface area contributed by atoms with E-state index in [4.69, 9.17) is 4.74 Å². The monoisotopic (exact) mass is 359 g/mol. The quantitative estimate of drug-likeness (QED) is 0.502. The average molecular weight is 359 g/mol. The standard InChI is InChI=1S/C17H14F5NO2/c1-8(7-9-5-3-4-6-10(9)25-2)23-17(24)11-12(18)14(20)16(22)15(21)13(11)19/h3-6,8H,7H2,1-2H3,(H,23,24). The lowest BCUT2D eigenvalue weighted by Crippen LogP contribution is -2.35. The lowest BCUT2D eigenvalue weighted by atomic mass is 10.1. The number of para-hydroxylation sites is 1. The zero-order chi connectivity index (χ0) is 18.7. The number of amides is 1. The lowest BCUT2D eigenvalue weighted by molar-refractivity contribution is 0.0928. The molecule has 0 bridgehead atoms. The van der Waals surface area contributed by atoms with E-state index in [1.165, 1.54) is 14.0 Å². The summed E-state index contributed by atoms with van der Waals surface area (Å²) in [4.78, 5) is 12.0. The summed E-state index contributed by atoms with van der Waals surface area (Å²) in [5.41, 5.74) is -0.807. The SMILES string of the molecule is COc1ccccc1CC(C)NC(=O)c1c(F)c(F)c(F)c(F)c1F. The van der Waals surface area contributed by atoms with Gasteiger partial charge in [0.05, 0.1) is 7.11 Å². The van der Waals surface area contributed by atoms with Crippen molar-refractivity contribution < 1.29 is 31.5 Å². The first kappa shape index (κ1) is 18.7. The highest BCUT2D eigenvalue weighted by atomic mass is 19.2. The fourth-order valence-electron chi connectivity index (χ4n) is 2.35. The topological polar surface area (TPSA) is 38.3 Å². The van der Waals surface area contributed by atoms with Crippen molar-refractivity contribution in [2.75, 3.05) is 7.11 Å². The molecule has 2 rings (SSSR count). The first-order valence-electron chi connectivity index (χ1n) is 7.22. The molecule has 3 nitrogen and oxygen atoms in total. The fraction of sp³-hybridized carbons (Fsp3) is 0.235. The van der Waals surface area contributed by atoms with Gasteiger partial charge in [-0.3, -0.25) is 4.79 Å². The summed E-state index contributed by atoms with van der Waals surface area (Å²) in [5.74, 6) is -11.8. The Labute approximate surface area is 140 Å². The summed E-state index contributed by atoms with van der Waals surface area (Å²) >= 11 is 0. The molecule has 0 aliphatic carbocycles. The van der Waals surface area contributed by atoms with E-state index in [-0.39, 0.29) is 6.42 Å². The lowest BCUT2D eigenvalue weighted by Gasteiger charge is -2.16. The minimum Gasteiger partial charge on any atom is -0.496 e. The maximum absolute atomic E-state index is 13.6. The van der Waals surface area contributed by atoms with Gasteiger partial charge < -0.3 is 10.1 Å². The summed E-state index contributed by atoms with van der Waals surface area (Å²) in [6, 6.07) is 6.23. The molecular formula is C17H14F5NO2. The highest BCUT2D eigenvalue weighted by Gasteiger charge is 2.30. The van der Waals surface area contributed by atoms with Gasteiger partial charge in [0.25, 0.3) is 5.91 Å². The zero-order valence-corrected chi connectivity index (χ0v) is 13.3. The van der Waals surface area contributed by atoms with Crippen LogP contribution in [0, 0.1) is 29.1 Å². The molecule has 2 aromatic carbocycles. The molecule has 1 atom stereocenters. The average Bonchev–Trinajstić information content (AvgIpc) is 2.58. The number of hydrogen-bond acceptors (Lipinski definition) is 2. The van der Waals surface area contributed by atoms with Gasteiger partial charge in [-0.2, -0.15) is 0 Å². The van der Waals surface area contributed by atoms with Crippen LogP contribution in [-0.4, -0.2) is 19.1 Å². The number of nitrogens with one attached hydrogen (secondary N) is 1. The fourth-order valence-corrected chi connectivity index (χ4v) is 2.35. The normalized spacial score (nSPS) is 12.0. The third-order valence-corrected chi connectivity index (χ3v) is 3.53. The van der Waals surface area contributed by atoms with Crippen LogP contribution in [0.2, 0.25) is 0 Å². The third kappa shape index (κ3) is 3.72. The number of carbonyl (C=O) groups excluding carboxylic acids is 1. The van der Waals surface area contributed by atoms with E-state index in [2.05, 4.69) is 5.32 Å². The molecule has 0 heterocycles. The van der Waals surface area contributed by atoms with Crippen LogP contribution in [-0.2, 0) is 6.42 Å². The van der Waals surface area contributed by atoms with Crippen molar-refractivity contribution in [3.63, 3.8) is 0 Å². The summed E-state index contributed by atoms with van der Waals surface area (Å²) in [6.45, 7) is 1.52. The number of rotatable bonds is 5. The van der Waals surface area contributed by atoms with Gasteiger partial charge in [-0.1, -0.05) is 18.2 Å². The number of benzene rings is 2. The van der Waals surface area contributed by atoms with Gasteiger partial charge in [-0.25, -0.2) is 22.0 Å². The largest absolute Gasteiger partial charge is 0.496 e. The van der Waals surface area contributed by atoms with Crippen molar-refractivity contribution in [3.05, 3.63) is 64.5 Å². The molecule has 0 fully saturated rings. The molecule has 0 saturated carbocycles. The molecular weight excluding hydrogens is 345 g/mol. The van der Waals surface area contributed by atoms with Crippen LogP contribution in [0.25, 0.3) is 0 Å². The summed E-state index contributed by atoms with van der Waals surface area (Å²) < 4.78 is 71.8. The Morgan fingerprint density at radius 1 is 1.00 bits per heavy atom. The number of halogens is 5. The van der Waals surface area contributed by atoms with Crippen molar-refractivity contribution in [1.29, 1.82) is 0 Å². The van der Waals surface area contributed by atoms with Crippen LogP contribution in [0.3, 0.4) is 0 Å². The van der Waals surface area contributed by atoms with Gasteiger partial charge in [0, 0.05) is 6.04 Å². The Hall–Kier alpha value is -2.64. The van der Waals surface area contributed by atoms with Gasteiger partial charge in [-0.15, -0.1) is 0 Å². The molecule has 1 N–H and O–H groups in total. The van der Waals surface area contributed by atoms with E-state index in [9.17, 15) is 26.7 Å². The van der Waals surface area contributed by atoms with E-state index in [0.717, 1.165) is 0 Å². The van der Waals surface area contributed by atoms with E-state index in [1.807, 2.05) is 0 Å². The molecule has 1 amide bonds. The van der Waals surface area contributed by atoms with Crippen molar-refractivity contribution in [3.8, 4) is 5.75 Å². The Balaban J connectivity index is 2.23. The number of ether oxygens (including phenoxy) is 1. The predicted octanol–water partition coefficient (Wildman–Crippen LogP) is 3.75. The smallest absolute Gasteiger partial charge is 0.257 e. The van der Waals surface area contributed by atoms with E-state index in [1.54, 1.807) is 24.3 Å². The van der Waals surface area contributed by atoms with Crippen LogP contribution >= 0.6 is 0 Å². The van der Waals surface area contributed by atoms with Crippen LogP contribution < -0.4 is 10.1 Å².